The van der Waals surface area contributed by atoms with Crippen LogP contribution in [0, 0.1) is 0 Å². The average Bonchev–Trinajstić information content (AvgIpc) is 3.01. The second kappa shape index (κ2) is 5.56. The van der Waals surface area contributed by atoms with Crippen molar-refractivity contribution in [2.45, 2.75) is 18.6 Å². The molecule has 0 aliphatic carbocycles. The lowest BCUT2D eigenvalue weighted by Crippen LogP contribution is -2.25. The Kier molecular flexibility index (Phi) is 3.81. The van der Waals surface area contributed by atoms with Gasteiger partial charge in [-0.1, -0.05) is 6.07 Å². The van der Waals surface area contributed by atoms with Crippen molar-refractivity contribution in [2.75, 3.05) is 11.5 Å². The summed E-state index contributed by atoms with van der Waals surface area (Å²) in [6.45, 7) is 0. The fraction of sp³-hybridized carbons (Fsp3) is 0.385. The maximum atomic E-state index is 11.9. The molecule has 6 heteroatoms. The molecule has 0 saturated carbocycles. The molecule has 2 atom stereocenters. The highest BCUT2D eigenvalue weighted by atomic mass is 32.2. The quantitative estimate of drug-likeness (QED) is 0.660. The molecule has 2 aliphatic rings. The average molecular weight is 295 g/mol. The molecule has 1 aromatic heterocycles. The first kappa shape index (κ1) is 13.0. The van der Waals surface area contributed by atoms with Crippen LogP contribution in [0.15, 0.2) is 34.2 Å². The summed E-state index contributed by atoms with van der Waals surface area (Å²) in [6.07, 6.45) is 0.773. The van der Waals surface area contributed by atoms with E-state index in [0.29, 0.717) is 12.0 Å². The third-order valence-corrected chi connectivity index (χ3v) is 5.78. The lowest BCUT2D eigenvalue weighted by Gasteiger charge is -2.12. The Morgan fingerprint density at radius 3 is 2.84 bits per heavy atom. The SMILES string of the molecule is O=C1O[C@H](Cc2ccccn2)[C@@H](O)C1=C1SCCS1. The lowest BCUT2D eigenvalue weighted by molar-refractivity contribution is -0.139. The van der Waals surface area contributed by atoms with E-state index in [-0.39, 0.29) is 5.97 Å². The molecule has 3 rings (SSSR count). The standard InChI is InChI=1S/C13H13NO3S2/c15-11-9(7-8-3-1-2-4-14-8)17-12(16)10(11)13-18-5-6-19-13/h1-4,9,11,15H,5-7H2/t9-,11-/m1/s1. The smallest absolute Gasteiger partial charge is 0.338 e. The molecule has 0 amide bonds. The zero-order chi connectivity index (χ0) is 13.2. The maximum Gasteiger partial charge on any atom is 0.338 e. The van der Waals surface area contributed by atoms with Crippen molar-refractivity contribution in [3.05, 3.63) is 39.9 Å². The van der Waals surface area contributed by atoms with Crippen LogP contribution in [0.1, 0.15) is 5.69 Å². The molecule has 2 aliphatic heterocycles. The Morgan fingerprint density at radius 2 is 2.16 bits per heavy atom. The lowest BCUT2D eigenvalue weighted by atomic mass is 10.1. The summed E-state index contributed by atoms with van der Waals surface area (Å²) < 4.78 is 6.21. The summed E-state index contributed by atoms with van der Waals surface area (Å²) in [4.78, 5) is 16.1. The molecule has 0 radical (unpaired) electrons. The minimum absolute atomic E-state index is 0.384. The van der Waals surface area contributed by atoms with Gasteiger partial charge in [0, 0.05) is 29.8 Å². The second-order valence-corrected chi connectivity index (χ2v) is 6.78. The van der Waals surface area contributed by atoms with Crippen LogP contribution in [0.2, 0.25) is 0 Å². The van der Waals surface area contributed by atoms with E-state index in [1.807, 2.05) is 18.2 Å². The van der Waals surface area contributed by atoms with Gasteiger partial charge in [-0.3, -0.25) is 4.98 Å². The number of hydrogen-bond donors (Lipinski definition) is 1. The number of esters is 1. The molecule has 2 saturated heterocycles. The summed E-state index contributed by atoms with van der Waals surface area (Å²) in [6, 6.07) is 5.58. The third kappa shape index (κ3) is 2.66. The van der Waals surface area contributed by atoms with Gasteiger partial charge in [-0.2, -0.15) is 0 Å². The first-order valence-electron chi connectivity index (χ1n) is 6.04. The van der Waals surface area contributed by atoms with Crippen LogP contribution in [-0.2, 0) is 16.0 Å². The van der Waals surface area contributed by atoms with Gasteiger partial charge < -0.3 is 9.84 Å². The summed E-state index contributed by atoms with van der Waals surface area (Å²) >= 11 is 3.24. The van der Waals surface area contributed by atoms with Crippen molar-refractivity contribution in [1.29, 1.82) is 0 Å². The number of aliphatic hydroxyl groups excluding tert-OH is 1. The topological polar surface area (TPSA) is 59.4 Å². The predicted octanol–water partition coefficient (Wildman–Crippen LogP) is 1.60. The molecule has 0 aromatic carbocycles. The number of aromatic nitrogens is 1. The largest absolute Gasteiger partial charge is 0.455 e. The van der Waals surface area contributed by atoms with Gasteiger partial charge in [-0.05, 0) is 12.1 Å². The summed E-state index contributed by atoms with van der Waals surface area (Å²) in [5, 5.41) is 10.3. The van der Waals surface area contributed by atoms with Crippen molar-refractivity contribution < 1.29 is 14.6 Å². The number of hydrogen-bond acceptors (Lipinski definition) is 6. The molecule has 2 fully saturated rings. The number of cyclic esters (lactones) is 1. The Morgan fingerprint density at radius 1 is 1.37 bits per heavy atom. The highest BCUT2D eigenvalue weighted by Crippen LogP contribution is 2.42. The van der Waals surface area contributed by atoms with Gasteiger partial charge in [0.25, 0.3) is 0 Å². The normalized spacial score (nSPS) is 26.9. The van der Waals surface area contributed by atoms with Crippen molar-refractivity contribution >= 4 is 29.5 Å². The molecule has 4 nitrogen and oxygen atoms in total. The van der Waals surface area contributed by atoms with E-state index in [4.69, 9.17) is 4.74 Å². The van der Waals surface area contributed by atoms with Crippen molar-refractivity contribution in [3.8, 4) is 0 Å². The zero-order valence-electron chi connectivity index (χ0n) is 10.1. The number of ether oxygens (including phenoxy) is 1. The second-order valence-electron chi connectivity index (χ2n) is 4.31. The fourth-order valence-electron chi connectivity index (χ4n) is 2.12. The number of carbonyl (C=O) groups is 1. The Bertz CT molecular complexity index is 510. The van der Waals surface area contributed by atoms with Crippen LogP contribution >= 0.6 is 23.5 Å². The van der Waals surface area contributed by atoms with Crippen LogP contribution in [0.4, 0.5) is 0 Å². The Balaban J connectivity index is 1.79. The summed E-state index contributed by atoms with van der Waals surface area (Å²) in [7, 11) is 0. The molecule has 19 heavy (non-hydrogen) atoms. The van der Waals surface area contributed by atoms with Gasteiger partial charge in [0.05, 0.1) is 9.81 Å². The number of thioether (sulfide) groups is 2. The van der Waals surface area contributed by atoms with E-state index in [1.54, 1.807) is 29.7 Å². The van der Waals surface area contributed by atoms with E-state index in [0.717, 1.165) is 21.4 Å². The number of carbonyl (C=O) groups excluding carboxylic acids is 1. The van der Waals surface area contributed by atoms with Crippen LogP contribution in [0.5, 0.6) is 0 Å². The molecule has 1 aromatic rings. The summed E-state index contributed by atoms with van der Waals surface area (Å²) in [5.41, 5.74) is 1.26. The van der Waals surface area contributed by atoms with E-state index < -0.39 is 12.2 Å². The highest BCUT2D eigenvalue weighted by Gasteiger charge is 2.41. The zero-order valence-corrected chi connectivity index (χ0v) is 11.7. The van der Waals surface area contributed by atoms with Crippen molar-refractivity contribution in [1.82, 2.24) is 4.98 Å². The third-order valence-electron chi connectivity index (χ3n) is 3.03. The van der Waals surface area contributed by atoms with Gasteiger partial charge >= 0.3 is 5.97 Å². The molecular weight excluding hydrogens is 282 g/mol. The van der Waals surface area contributed by atoms with E-state index in [1.165, 1.54) is 0 Å². The molecule has 0 bridgehead atoms. The van der Waals surface area contributed by atoms with Crippen molar-refractivity contribution in [3.63, 3.8) is 0 Å². The Labute approximate surface area is 119 Å². The predicted molar refractivity (Wildman–Crippen MR) is 75.8 cm³/mol. The van der Waals surface area contributed by atoms with Crippen LogP contribution < -0.4 is 0 Å². The highest BCUT2D eigenvalue weighted by molar-refractivity contribution is 8.25. The molecule has 3 heterocycles. The first-order valence-corrected chi connectivity index (χ1v) is 8.01. The van der Waals surface area contributed by atoms with E-state index >= 15 is 0 Å². The molecule has 0 spiro atoms. The van der Waals surface area contributed by atoms with Crippen LogP contribution in [-0.4, -0.2) is 39.8 Å². The Hall–Kier alpha value is -0.980. The molecule has 0 unspecified atom stereocenters. The van der Waals surface area contributed by atoms with Crippen LogP contribution in [0.3, 0.4) is 0 Å². The van der Waals surface area contributed by atoms with E-state index in [2.05, 4.69) is 4.98 Å². The van der Waals surface area contributed by atoms with E-state index in [9.17, 15) is 9.90 Å². The van der Waals surface area contributed by atoms with Crippen LogP contribution in [0.25, 0.3) is 0 Å². The van der Waals surface area contributed by atoms with Gasteiger partial charge in [-0.15, -0.1) is 23.5 Å². The minimum Gasteiger partial charge on any atom is -0.455 e. The first-order chi connectivity index (χ1) is 9.25. The van der Waals surface area contributed by atoms with Gasteiger partial charge in [0.2, 0.25) is 0 Å². The molecule has 100 valence electrons. The van der Waals surface area contributed by atoms with Gasteiger partial charge in [0.1, 0.15) is 12.2 Å². The number of rotatable bonds is 2. The number of pyridine rings is 1. The maximum absolute atomic E-state index is 11.9. The van der Waals surface area contributed by atoms with Gasteiger partial charge in [0.15, 0.2) is 0 Å². The minimum atomic E-state index is -0.845. The monoisotopic (exact) mass is 295 g/mol. The molecular formula is C13H13NO3S2. The summed E-state index contributed by atoms with van der Waals surface area (Å²) in [5.74, 6) is 1.58. The number of nitrogens with zero attached hydrogens (tertiary/aromatic N) is 1. The molecule has 1 N–H and O–H groups in total. The van der Waals surface area contributed by atoms with Gasteiger partial charge in [-0.25, -0.2) is 4.79 Å². The number of aliphatic hydroxyl groups is 1. The van der Waals surface area contributed by atoms with Crippen molar-refractivity contribution in [2.24, 2.45) is 0 Å². The fourth-order valence-corrected chi connectivity index (χ4v) is 4.71.